The van der Waals surface area contributed by atoms with E-state index in [1.54, 1.807) is 44.4 Å². The fourth-order valence-electron chi connectivity index (χ4n) is 4.18. The van der Waals surface area contributed by atoms with Gasteiger partial charge < -0.3 is 24.0 Å². The summed E-state index contributed by atoms with van der Waals surface area (Å²) in [6.45, 7) is 1.95. The first-order valence-corrected chi connectivity index (χ1v) is 11.1. The van der Waals surface area contributed by atoms with E-state index in [-0.39, 0.29) is 11.8 Å². The first kappa shape index (κ1) is 23.2. The summed E-state index contributed by atoms with van der Waals surface area (Å²) in [5.74, 6) is 1.44. The maximum atomic E-state index is 13.1. The van der Waals surface area contributed by atoms with E-state index in [1.807, 2.05) is 47.4 Å². The molecule has 34 heavy (non-hydrogen) atoms. The molecule has 1 fully saturated rings. The van der Waals surface area contributed by atoms with Gasteiger partial charge >= 0.3 is 0 Å². The lowest BCUT2D eigenvalue weighted by atomic mass is 10.0. The van der Waals surface area contributed by atoms with Gasteiger partial charge in [-0.3, -0.25) is 9.59 Å². The topological polar surface area (TPSA) is 68.3 Å². The minimum atomic E-state index is -0.106. The predicted molar refractivity (Wildman–Crippen MR) is 132 cm³/mol. The van der Waals surface area contributed by atoms with Gasteiger partial charge in [0.15, 0.2) is 11.5 Å². The predicted octanol–water partition coefficient (Wildman–Crippen LogP) is 3.86. The lowest BCUT2D eigenvalue weighted by Gasteiger charge is -2.34. The number of ether oxygens (including phenoxy) is 3. The molecule has 0 radical (unpaired) electrons. The van der Waals surface area contributed by atoms with Crippen LogP contribution in [0, 0.1) is 0 Å². The van der Waals surface area contributed by atoms with Gasteiger partial charge in [-0.15, -0.1) is 0 Å². The van der Waals surface area contributed by atoms with Gasteiger partial charge in [-0.25, -0.2) is 0 Å². The lowest BCUT2D eigenvalue weighted by Crippen LogP contribution is -2.50. The third-order valence-corrected chi connectivity index (χ3v) is 6.00. The van der Waals surface area contributed by atoms with Crippen molar-refractivity contribution in [1.29, 1.82) is 0 Å². The highest BCUT2D eigenvalue weighted by Crippen LogP contribution is 2.38. The molecule has 3 aromatic carbocycles. The standard InChI is InChI=1S/C27H28N2O5/c1-32-23-17-19(18-24(33-2)26(23)34-3)11-12-25(30)28-13-15-29(16-14-28)27(31)22-10-6-8-20-7-4-5-9-21(20)22/h4-12,17-18H,13-16H2,1-3H3. The van der Waals surface area contributed by atoms with Gasteiger partial charge in [0.1, 0.15) is 0 Å². The largest absolute Gasteiger partial charge is 0.493 e. The molecule has 0 unspecified atom stereocenters. The summed E-state index contributed by atoms with van der Waals surface area (Å²) in [5, 5.41) is 1.99. The Balaban J connectivity index is 1.41. The van der Waals surface area contributed by atoms with E-state index in [9.17, 15) is 9.59 Å². The molecule has 0 spiro atoms. The van der Waals surface area contributed by atoms with Gasteiger partial charge in [0.25, 0.3) is 5.91 Å². The average molecular weight is 461 g/mol. The van der Waals surface area contributed by atoms with Crippen LogP contribution in [-0.4, -0.2) is 69.1 Å². The van der Waals surface area contributed by atoms with Gasteiger partial charge in [0, 0.05) is 37.8 Å². The van der Waals surface area contributed by atoms with Gasteiger partial charge in [-0.05, 0) is 40.6 Å². The highest BCUT2D eigenvalue weighted by molar-refractivity contribution is 6.07. The number of carbonyl (C=O) groups excluding carboxylic acids is 2. The number of amides is 2. The maximum absolute atomic E-state index is 13.1. The van der Waals surface area contributed by atoms with Crippen LogP contribution in [-0.2, 0) is 4.79 Å². The SMILES string of the molecule is COc1cc(C=CC(=O)N2CCN(C(=O)c3cccc4ccccc34)CC2)cc(OC)c1OC. The summed E-state index contributed by atoms with van der Waals surface area (Å²) in [4.78, 5) is 29.5. The van der Waals surface area contributed by atoms with E-state index < -0.39 is 0 Å². The van der Waals surface area contributed by atoms with Crippen molar-refractivity contribution in [3.63, 3.8) is 0 Å². The highest BCUT2D eigenvalue weighted by atomic mass is 16.5. The number of nitrogens with zero attached hydrogens (tertiary/aromatic N) is 2. The third-order valence-electron chi connectivity index (χ3n) is 6.00. The molecule has 176 valence electrons. The van der Waals surface area contributed by atoms with E-state index in [0.29, 0.717) is 49.0 Å². The van der Waals surface area contributed by atoms with Crippen molar-refractivity contribution in [2.75, 3.05) is 47.5 Å². The summed E-state index contributed by atoms with van der Waals surface area (Å²) < 4.78 is 16.1. The summed E-state index contributed by atoms with van der Waals surface area (Å²) in [7, 11) is 4.65. The number of fused-ring (bicyclic) bond motifs is 1. The second-order valence-corrected chi connectivity index (χ2v) is 7.94. The van der Waals surface area contributed by atoms with Crippen LogP contribution < -0.4 is 14.2 Å². The molecule has 1 saturated heterocycles. The van der Waals surface area contributed by atoms with Crippen LogP contribution in [0.2, 0.25) is 0 Å². The first-order chi connectivity index (χ1) is 16.5. The van der Waals surface area contributed by atoms with Crippen molar-refractivity contribution in [2.24, 2.45) is 0 Å². The summed E-state index contributed by atoms with van der Waals surface area (Å²) in [6, 6.07) is 17.2. The molecule has 0 atom stereocenters. The Morgan fingerprint density at radius 3 is 2.06 bits per heavy atom. The smallest absolute Gasteiger partial charge is 0.254 e. The number of carbonyl (C=O) groups is 2. The molecule has 4 rings (SSSR count). The first-order valence-electron chi connectivity index (χ1n) is 11.1. The number of hydrogen-bond acceptors (Lipinski definition) is 5. The van der Waals surface area contributed by atoms with E-state index in [0.717, 1.165) is 16.3 Å². The van der Waals surface area contributed by atoms with Crippen molar-refractivity contribution < 1.29 is 23.8 Å². The summed E-state index contributed by atoms with van der Waals surface area (Å²) in [5.41, 5.74) is 1.45. The minimum Gasteiger partial charge on any atom is -0.493 e. The number of benzene rings is 3. The Hall–Kier alpha value is -4.00. The maximum Gasteiger partial charge on any atom is 0.254 e. The van der Waals surface area contributed by atoms with Gasteiger partial charge in [-0.2, -0.15) is 0 Å². The van der Waals surface area contributed by atoms with Crippen molar-refractivity contribution in [3.05, 3.63) is 71.8 Å². The second kappa shape index (κ2) is 10.3. The van der Waals surface area contributed by atoms with Crippen molar-refractivity contribution in [3.8, 4) is 17.2 Å². The minimum absolute atomic E-state index is 0.00290. The quantitative estimate of drug-likeness (QED) is 0.523. The number of hydrogen-bond donors (Lipinski definition) is 0. The van der Waals surface area contributed by atoms with Gasteiger partial charge in [0.2, 0.25) is 11.7 Å². The normalized spacial score (nSPS) is 13.9. The molecule has 1 aliphatic rings. The molecule has 3 aromatic rings. The van der Waals surface area contributed by atoms with Gasteiger partial charge in [-0.1, -0.05) is 36.4 Å². The van der Waals surface area contributed by atoms with E-state index in [4.69, 9.17) is 14.2 Å². The molecular formula is C27H28N2O5. The Morgan fingerprint density at radius 2 is 1.41 bits per heavy atom. The molecule has 0 aromatic heterocycles. The Bertz CT molecular complexity index is 1200. The third kappa shape index (κ3) is 4.69. The van der Waals surface area contributed by atoms with Crippen LogP contribution in [0.3, 0.4) is 0 Å². The van der Waals surface area contributed by atoms with Gasteiger partial charge in [0.05, 0.1) is 21.3 Å². The van der Waals surface area contributed by atoms with Crippen molar-refractivity contribution in [2.45, 2.75) is 0 Å². The van der Waals surface area contributed by atoms with Crippen LogP contribution >= 0.6 is 0 Å². The van der Waals surface area contributed by atoms with Crippen LogP contribution in [0.4, 0.5) is 0 Å². The lowest BCUT2D eigenvalue weighted by molar-refractivity contribution is -0.127. The molecule has 0 saturated carbocycles. The van der Waals surface area contributed by atoms with Crippen LogP contribution in [0.25, 0.3) is 16.8 Å². The number of piperazine rings is 1. The van der Waals surface area contributed by atoms with Crippen molar-refractivity contribution >= 4 is 28.7 Å². The van der Waals surface area contributed by atoms with Crippen LogP contribution in [0.1, 0.15) is 15.9 Å². The Morgan fingerprint density at radius 1 is 0.794 bits per heavy atom. The van der Waals surface area contributed by atoms with Crippen LogP contribution in [0.15, 0.2) is 60.7 Å². The monoisotopic (exact) mass is 460 g/mol. The molecule has 1 heterocycles. The summed E-state index contributed by atoms with van der Waals surface area (Å²) in [6.07, 6.45) is 3.25. The zero-order valence-corrected chi connectivity index (χ0v) is 19.6. The average Bonchev–Trinajstić information content (AvgIpc) is 2.90. The molecule has 7 heteroatoms. The molecule has 0 N–H and O–H groups in total. The fourth-order valence-corrected chi connectivity index (χ4v) is 4.18. The molecule has 2 amide bonds. The molecular weight excluding hydrogens is 432 g/mol. The second-order valence-electron chi connectivity index (χ2n) is 7.94. The Labute approximate surface area is 199 Å². The Kier molecular flexibility index (Phi) is 7.01. The number of methoxy groups -OCH3 is 3. The van der Waals surface area contributed by atoms with E-state index in [2.05, 4.69) is 0 Å². The number of rotatable bonds is 6. The molecule has 1 aliphatic heterocycles. The van der Waals surface area contributed by atoms with E-state index >= 15 is 0 Å². The zero-order valence-electron chi connectivity index (χ0n) is 19.6. The van der Waals surface area contributed by atoms with Crippen LogP contribution in [0.5, 0.6) is 17.2 Å². The van der Waals surface area contributed by atoms with E-state index in [1.165, 1.54) is 6.08 Å². The summed E-state index contributed by atoms with van der Waals surface area (Å²) >= 11 is 0. The molecule has 7 nitrogen and oxygen atoms in total. The fraction of sp³-hybridized carbons (Fsp3) is 0.259. The zero-order chi connectivity index (χ0) is 24.1. The molecule has 0 bridgehead atoms. The van der Waals surface area contributed by atoms with Crippen molar-refractivity contribution in [1.82, 2.24) is 9.80 Å². The highest BCUT2D eigenvalue weighted by Gasteiger charge is 2.25. The molecule has 0 aliphatic carbocycles.